The smallest absolute Gasteiger partial charge is 0.146 e. The summed E-state index contributed by atoms with van der Waals surface area (Å²) in [6, 6.07) is 16.5. The number of H-pyrrole nitrogens is 1. The lowest BCUT2D eigenvalue weighted by Gasteiger charge is -2.04. The highest BCUT2D eigenvalue weighted by atomic mass is 19.1. The molecule has 0 radical (unpaired) electrons. The third-order valence-corrected chi connectivity index (χ3v) is 2.67. The monoisotopic (exact) mass is 226 g/mol. The predicted molar refractivity (Wildman–Crippen MR) is 68.0 cm³/mol. The number of nitrogens with one attached hydrogen (secondary N) is 2. The molecule has 2 aromatic carbocycles. The Hall–Kier alpha value is -2.29. The molecule has 3 rings (SSSR count). The van der Waals surface area contributed by atoms with Crippen molar-refractivity contribution in [1.82, 2.24) is 4.98 Å². The van der Waals surface area contributed by atoms with Gasteiger partial charge in [0.05, 0.1) is 5.69 Å². The van der Waals surface area contributed by atoms with Crippen LogP contribution in [0.25, 0.3) is 10.9 Å². The molecule has 0 saturated heterocycles. The van der Waals surface area contributed by atoms with Crippen molar-refractivity contribution in [2.75, 3.05) is 5.32 Å². The van der Waals surface area contributed by atoms with E-state index in [-0.39, 0.29) is 5.82 Å². The van der Waals surface area contributed by atoms with Crippen LogP contribution in [0, 0.1) is 5.82 Å². The van der Waals surface area contributed by atoms with Crippen LogP contribution in [0.1, 0.15) is 0 Å². The van der Waals surface area contributed by atoms with Crippen LogP contribution >= 0.6 is 0 Å². The SMILES string of the molecule is Fc1ccccc1Nc1cc2ccccc2[nH]1. The van der Waals surface area contributed by atoms with Crippen molar-refractivity contribution >= 4 is 22.4 Å². The van der Waals surface area contributed by atoms with Crippen LogP contribution in [0.2, 0.25) is 0 Å². The summed E-state index contributed by atoms with van der Waals surface area (Å²) >= 11 is 0. The first-order valence-corrected chi connectivity index (χ1v) is 5.42. The molecule has 1 heterocycles. The van der Waals surface area contributed by atoms with Gasteiger partial charge in [-0.1, -0.05) is 30.3 Å². The summed E-state index contributed by atoms with van der Waals surface area (Å²) in [5.41, 5.74) is 1.50. The average molecular weight is 226 g/mol. The number of halogens is 1. The van der Waals surface area contributed by atoms with Crippen molar-refractivity contribution in [2.45, 2.75) is 0 Å². The minimum atomic E-state index is -0.258. The lowest BCUT2D eigenvalue weighted by Crippen LogP contribution is -1.92. The molecular weight excluding hydrogens is 215 g/mol. The molecule has 0 unspecified atom stereocenters. The Morgan fingerprint density at radius 3 is 2.53 bits per heavy atom. The predicted octanol–water partition coefficient (Wildman–Crippen LogP) is 4.05. The first kappa shape index (κ1) is 9.90. The number of rotatable bonds is 2. The van der Waals surface area contributed by atoms with Gasteiger partial charge in [0.15, 0.2) is 0 Å². The number of aromatic nitrogens is 1. The van der Waals surface area contributed by atoms with Gasteiger partial charge in [-0.3, -0.25) is 0 Å². The summed E-state index contributed by atoms with van der Waals surface area (Å²) in [5.74, 6) is 0.530. The topological polar surface area (TPSA) is 27.8 Å². The second-order valence-electron chi connectivity index (χ2n) is 3.88. The number of fused-ring (bicyclic) bond motifs is 1. The van der Waals surface area contributed by atoms with E-state index in [9.17, 15) is 4.39 Å². The van der Waals surface area contributed by atoms with Gasteiger partial charge < -0.3 is 10.3 Å². The van der Waals surface area contributed by atoms with E-state index in [1.807, 2.05) is 30.3 Å². The van der Waals surface area contributed by atoms with Crippen molar-refractivity contribution in [3.63, 3.8) is 0 Å². The molecule has 0 amide bonds. The number of hydrogen-bond acceptors (Lipinski definition) is 1. The van der Waals surface area contributed by atoms with Gasteiger partial charge in [0, 0.05) is 10.9 Å². The highest BCUT2D eigenvalue weighted by Crippen LogP contribution is 2.23. The standard InChI is InChI=1S/C14H11FN2/c15-11-6-2-4-8-13(11)17-14-9-10-5-1-3-7-12(10)16-14/h1-9,16-17H. The first-order valence-electron chi connectivity index (χ1n) is 5.42. The van der Waals surface area contributed by atoms with E-state index in [4.69, 9.17) is 0 Å². The van der Waals surface area contributed by atoms with Crippen LogP contribution in [0.5, 0.6) is 0 Å². The van der Waals surface area contributed by atoms with Crippen molar-refractivity contribution in [2.24, 2.45) is 0 Å². The zero-order chi connectivity index (χ0) is 11.7. The Balaban J connectivity index is 1.98. The first-order chi connectivity index (χ1) is 8.33. The molecule has 3 heteroatoms. The maximum absolute atomic E-state index is 13.5. The highest BCUT2D eigenvalue weighted by Gasteiger charge is 2.03. The minimum absolute atomic E-state index is 0.258. The fourth-order valence-electron chi connectivity index (χ4n) is 1.85. The van der Waals surface area contributed by atoms with Gasteiger partial charge in [-0.15, -0.1) is 0 Å². The van der Waals surface area contributed by atoms with E-state index in [2.05, 4.69) is 10.3 Å². The van der Waals surface area contributed by atoms with Crippen LogP contribution in [-0.2, 0) is 0 Å². The van der Waals surface area contributed by atoms with Gasteiger partial charge in [0.25, 0.3) is 0 Å². The molecule has 2 N–H and O–H groups in total. The number of para-hydroxylation sites is 2. The molecule has 0 bridgehead atoms. The molecule has 0 aliphatic rings. The number of benzene rings is 2. The zero-order valence-corrected chi connectivity index (χ0v) is 9.07. The van der Waals surface area contributed by atoms with Gasteiger partial charge in [-0.25, -0.2) is 4.39 Å². The largest absolute Gasteiger partial charge is 0.341 e. The lowest BCUT2D eigenvalue weighted by molar-refractivity contribution is 0.632. The Morgan fingerprint density at radius 2 is 1.71 bits per heavy atom. The lowest BCUT2D eigenvalue weighted by atomic mass is 10.2. The molecule has 3 aromatic rings. The fraction of sp³-hybridized carbons (Fsp3) is 0. The van der Waals surface area contributed by atoms with Gasteiger partial charge in [-0.2, -0.15) is 0 Å². The quantitative estimate of drug-likeness (QED) is 0.677. The highest BCUT2D eigenvalue weighted by molar-refractivity contribution is 5.84. The third-order valence-electron chi connectivity index (χ3n) is 2.67. The molecule has 84 valence electrons. The van der Waals surface area contributed by atoms with Gasteiger partial charge >= 0.3 is 0 Å². The van der Waals surface area contributed by atoms with E-state index >= 15 is 0 Å². The Morgan fingerprint density at radius 1 is 0.941 bits per heavy atom. The third kappa shape index (κ3) is 1.87. The summed E-state index contributed by atoms with van der Waals surface area (Å²) < 4.78 is 13.5. The zero-order valence-electron chi connectivity index (χ0n) is 9.07. The molecule has 0 aliphatic heterocycles. The van der Waals surface area contributed by atoms with Gasteiger partial charge in [0.1, 0.15) is 11.6 Å². The van der Waals surface area contributed by atoms with E-state index in [1.54, 1.807) is 18.2 Å². The van der Waals surface area contributed by atoms with Crippen molar-refractivity contribution in [3.8, 4) is 0 Å². The van der Waals surface area contributed by atoms with Crippen LogP contribution < -0.4 is 5.32 Å². The van der Waals surface area contributed by atoms with Crippen molar-refractivity contribution in [3.05, 3.63) is 60.4 Å². The fourth-order valence-corrected chi connectivity index (χ4v) is 1.85. The number of aromatic amines is 1. The maximum Gasteiger partial charge on any atom is 0.146 e. The summed E-state index contributed by atoms with van der Waals surface area (Å²) in [5, 5.41) is 4.13. The molecule has 0 fully saturated rings. The average Bonchev–Trinajstić information content (AvgIpc) is 2.74. The molecule has 0 spiro atoms. The Bertz CT molecular complexity index is 625. The Kier molecular flexibility index (Phi) is 2.29. The van der Waals surface area contributed by atoms with Crippen molar-refractivity contribution in [1.29, 1.82) is 0 Å². The molecule has 0 atom stereocenters. The normalized spacial score (nSPS) is 10.6. The van der Waals surface area contributed by atoms with E-state index < -0.39 is 0 Å². The van der Waals surface area contributed by atoms with Crippen LogP contribution in [0.4, 0.5) is 15.9 Å². The molecular formula is C14H11FN2. The van der Waals surface area contributed by atoms with Crippen LogP contribution in [0.3, 0.4) is 0 Å². The molecule has 17 heavy (non-hydrogen) atoms. The summed E-state index contributed by atoms with van der Waals surface area (Å²) in [4.78, 5) is 3.19. The number of hydrogen-bond donors (Lipinski definition) is 2. The molecule has 2 nitrogen and oxygen atoms in total. The van der Waals surface area contributed by atoms with Crippen LogP contribution in [-0.4, -0.2) is 4.98 Å². The molecule has 0 aliphatic carbocycles. The second-order valence-corrected chi connectivity index (χ2v) is 3.88. The molecule has 0 saturated carbocycles. The van der Waals surface area contributed by atoms with E-state index in [1.165, 1.54) is 6.07 Å². The summed E-state index contributed by atoms with van der Waals surface area (Å²) in [6.45, 7) is 0. The second kappa shape index (κ2) is 3.94. The van der Waals surface area contributed by atoms with Crippen LogP contribution in [0.15, 0.2) is 54.6 Å². The van der Waals surface area contributed by atoms with E-state index in [0.717, 1.165) is 16.7 Å². The summed E-state index contributed by atoms with van der Waals surface area (Å²) in [6.07, 6.45) is 0. The Labute approximate surface area is 98.1 Å². The van der Waals surface area contributed by atoms with E-state index in [0.29, 0.717) is 5.69 Å². The minimum Gasteiger partial charge on any atom is -0.341 e. The molecule has 1 aromatic heterocycles. The summed E-state index contributed by atoms with van der Waals surface area (Å²) in [7, 11) is 0. The van der Waals surface area contributed by atoms with Gasteiger partial charge in [0.2, 0.25) is 0 Å². The van der Waals surface area contributed by atoms with Gasteiger partial charge in [-0.05, 0) is 24.3 Å². The number of anilines is 2. The maximum atomic E-state index is 13.5. The van der Waals surface area contributed by atoms with Crippen molar-refractivity contribution < 1.29 is 4.39 Å².